The monoisotopic (exact) mass is 237 g/mol. The highest BCUT2D eigenvalue weighted by molar-refractivity contribution is 5.77. The van der Waals surface area contributed by atoms with E-state index >= 15 is 0 Å². The molecule has 0 radical (unpaired) electrons. The van der Waals surface area contributed by atoms with Crippen LogP contribution in [-0.2, 0) is 20.0 Å². The first kappa shape index (κ1) is 13.5. The fourth-order valence-electron chi connectivity index (χ4n) is 1.55. The predicted octanol–water partition coefficient (Wildman–Crippen LogP) is 1.04. The first-order chi connectivity index (χ1) is 8.02. The molecule has 0 aliphatic carbocycles. The summed E-state index contributed by atoms with van der Waals surface area (Å²) in [5.41, 5.74) is 8.01. The van der Waals surface area contributed by atoms with Crippen molar-refractivity contribution >= 4 is 5.96 Å². The molecule has 0 aliphatic rings. The average molecular weight is 237 g/mol. The number of rotatable bonds is 5. The third kappa shape index (κ3) is 4.46. The summed E-state index contributed by atoms with van der Waals surface area (Å²) in [7, 11) is 1.92. The van der Waals surface area contributed by atoms with Crippen molar-refractivity contribution in [2.75, 3.05) is 6.54 Å². The lowest BCUT2D eigenvalue weighted by Crippen LogP contribution is -2.34. The minimum absolute atomic E-state index is 0.504. The largest absolute Gasteiger partial charge is 0.370 e. The van der Waals surface area contributed by atoms with Crippen molar-refractivity contribution in [2.45, 2.75) is 33.7 Å². The molecule has 0 aliphatic heterocycles. The summed E-state index contributed by atoms with van der Waals surface area (Å²) in [6, 6.07) is 0. The number of nitrogens with two attached hydrogens (primary N) is 1. The molecule has 0 spiro atoms. The summed E-state index contributed by atoms with van der Waals surface area (Å²) in [6.07, 6.45) is 2.92. The number of aryl methyl sites for hydroxylation is 2. The zero-order valence-corrected chi connectivity index (χ0v) is 11.2. The fourth-order valence-corrected chi connectivity index (χ4v) is 1.55. The van der Waals surface area contributed by atoms with E-state index < -0.39 is 0 Å². The molecule has 96 valence electrons. The number of guanidine groups is 1. The Hall–Kier alpha value is -1.52. The maximum atomic E-state index is 5.78. The van der Waals surface area contributed by atoms with Crippen LogP contribution in [0.3, 0.4) is 0 Å². The molecular formula is C12H23N5. The van der Waals surface area contributed by atoms with Crippen LogP contribution in [0.15, 0.2) is 11.2 Å². The minimum atomic E-state index is 0.504. The highest BCUT2D eigenvalue weighted by Gasteiger charge is 2.04. The first-order valence-corrected chi connectivity index (χ1v) is 6.08. The molecule has 0 saturated carbocycles. The molecule has 1 aromatic rings. The van der Waals surface area contributed by atoms with Crippen LogP contribution in [0.5, 0.6) is 0 Å². The Morgan fingerprint density at radius 3 is 2.88 bits per heavy atom. The summed E-state index contributed by atoms with van der Waals surface area (Å²) in [4.78, 5) is 4.32. The van der Waals surface area contributed by atoms with Gasteiger partial charge in [-0.05, 0) is 12.3 Å². The average Bonchev–Trinajstić information content (AvgIpc) is 2.64. The molecule has 1 rings (SSSR count). The van der Waals surface area contributed by atoms with Crippen LogP contribution in [0.1, 0.15) is 32.0 Å². The lowest BCUT2D eigenvalue weighted by Gasteiger charge is -2.07. The van der Waals surface area contributed by atoms with Crippen LogP contribution in [0.2, 0.25) is 0 Å². The van der Waals surface area contributed by atoms with Crippen LogP contribution in [0.4, 0.5) is 0 Å². The van der Waals surface area contributed by atoms with Crippen molar-refractivity contribution in [1.29, 1.82) is 0 Å². The quantitative estimate of drug-likeness (QED) is 0.594. The Labute approximate surface area is 103 Å². The lowest BCUT2D eigenvalue weighted by atomic mass is 10.2. The van der Waals surface area contributed by atoms with Crippen molar-refractivity contribution in [2.24, 2.45) is 23.7 Å². The second-order valence-electron chi connectivity index (χ2n) is 4.60. The van der Waals surface area contributed by atoms with Gasteiger partial charge in [0.15, 0.2) is 5.96 Å². The van der Waals surface area contributed by atoms with Gasteiger partial charge in [-0.15, -0.1) is 0 Å². The molecule has 0 amide bonds. The molecule has 0 bridgehead atoms. The Bertz CT molecular complexity index is 378. The van der Waals surface area contributed by atoms with Gasteiger partial charge in [0, 0.05) is 25.4 Å². The van der Waals surface area contributed by atoms with E-state index in [9.17, 15) is 0 Å². The van der Waals surface area contributed by atoms with Crippen LogP contribution < -0.4 is 11.1 Å². The summed E-state index contributed by atoms with van der Waals surface area (Å²) in [5.74, 6) is 1.07. The van der Waals surface area contributed by atoms with Crippen molar-refractivity contribution in [3.63, 3.8) is 0 Å². The number of aliphatic imine (C=N–C) groups is 1. The summed E-state index contributed by atoms with van der Waals surface area (Å²) < 4.78 is 1.82. The molecular weight excluding hydrogens is 214 g/mol. The van der Waals surface area contributed by atoms with Gasteiger partial charge in [0.25, 0.3) is 0 Å². The van der Waals surface area contributed by atoms with Crippen LogP contribution in [0, 0.1) is 5.92 Å². The van der Waals surface area contributed by atoms with Crippen LogP contribution in [-0.4, -0.2) is 22.3 Å². The molecule has 5 nitrogen and oxygen atoms in total. The number of nitrogens with one attached hydrogen (secondary N) is 1. The lowest BCUT2D eigenvalue weighted by molar-refractivity contribution is 0.622. The van der Waals surface area contributed by atoms with E-state index in [-0.39, 0.29) is 0 Å². The smallest absolute Gasteiger partial charge is 0.188 e. The van der Waals surface area contributed by atoms with Gasteiger partial charge in [-0.25, -0.2) is 4.99 Å². The van der Waals surface area contributed by atoms with Gasteiger partial charge in [0.1, 0.15) is 0 Å². The van der Waals surface area contributed by atoms with E-state index in [0.717, 1.165) is 24.2 Å². The maximum absolute atomic E-state index is 5.78. The number of hydrogen-bond donors (Lipinski definition) is 2. The van der Waals surface area contributed by atoms with Crippen molar-refractivity contribution < 1.29 is 0 Å². The van der Waals surface area contributed by atoms with E-state index in [4.69, 9.17) is 5.73 Å². The highest BCUT2D eigenvalue weighted by atomic mass is 15.3. The van der Waals surface area contributed by atoms with Gasteiger partial charge in [-0.2, -0.15) is 5.10 Å². The molecule has 0 atom stereocenters. The Kier molecular flexibility index (Phi) is 5.00. The van der Waals surface area contributed by atoms with Crippen molar-refractivity contribution in [3.05, 3.63) is 17.5 Å². The topological polar surface area (TPSA) is 68.2 Å². The molecule has 1 aromatic heterocycles. The molecule has 5 heteroatoms. The Morgan fingerprint density at radius 1 is 1.59 bits per heavy atom. The molecule has 0 fully saturated rings. The van der Waals surface area contributed by atoms with Gasteiger partial charge < -0.3 is 11.1 Å². The summed E-state index contributed by atoms with van der Waals surface area (Å²) in [6.45, 7) is 7.81. The molecule has 0 unspecified atom stereocenters. The third-order valence-electron chi connectivity index (χ3n) is 2.44. The van der Waals surface area contributed by atoms with Crippen molar-refractivity contribution in [3.8, 4) is 0 Å². The Balaban J connectivity index is 2.56. The normalized spacial score (nSPS) is 12.2. The predicted molar refractivity (Wildman–Crippen MR) is 70.8 cm³/mol. The zero-order valence-electron chi connectivity index (χ0n) is 11.2. The van der Waals surface area contributed by atoms with Gasteiger partial charge >= 0.3 is 0 Å². The molecule has 0 saturated heterocycles. The zero-order chi connectivity index (χ0) is 12.8. The second-order valence-corrected chi connectivity index (χ2v) is 4.60. The van der Waals surface area contributed by atoms with Crippen LogP contribution in [0.25, 0.3) is 0 Å². The minimum Gasteiger partial charge on any atom is -0.370 e. The van der Waals surface area contributed by atoms with E-state index in [1.165, 1.54) is 0 Å². The molecule has 3 N–H and O–H groups in total. The fraction of sp³-hybridized carbons (Fsp3) is 0.667. The van der Waals surface area contributed by atoms with E-state index in [1.807, 2.05) is 17.9 Å². The number of aromatic nitrogens is 2. The number of nitrogens with zero attached hydrogens (tertiary/aromatic N) is 3. The van der Waals surface area contributed by atoms with Gasteiger partial charge in [-0.3, -0.25) is 4.68 Å². The van der Waals surface area contributed by atoms with E-state index in [0.29, 0.717) is 18.4 Å². The summed E-state index contributed by atoms with van der Waals surface area (Å²) >= 11 is 0. The molecule has 17 heavy (non-hydrogen) atoms. The Morgan fingerprint density at radius 2 is 2.29 bits per heavy atom. The number of hydrogen-bond acceptors (Lipinski definition) is 2. The maximum Gasteiger partial charge on any atom is 0.188 e. The van der Waals surface area contributed by atoms with E-state index in [1.54, 1.807) is 0 Å². The highest BCUT2D eigenvalue weighted by Crippen LogP contribution is 2.08. The van der Waals surface area contributed by atoms with E-state index in [2.05, 4.69) is 36.2 Å². The standard InChI is InChI=1S/C12H23N5/c1-5-11-10(8-17(4)16-11)7-15-12(13)14-6-9(2)3/h8-9H,5-7H2,1-4H3,(H3,13,14,15). The van der Waals surface area contributed by atoms with Gasteiger partial charge in [-0.1, -0.05) is 20.8 Å². The third-order valence-corrected chi connectivity index (χ3v) is 2.44. The molecule has 1 heterocycles. The molecule has 0 aromatic carbocycles. The second kappa shape index (κ2) is 6.27. The van der Waals surface area contributed by atoms with Gasteiger partial charge in [0.2, 0.25) is 0 Å². The SMILES string of the molecule is CCc1nn(C)cc1CN=C(N)NCC(C)C. The first-order valence-electron chi connectivity index (χ1n) is 6.08. The van der Waals surface area contributed by atoms with Crippen LogP contribution >= 0.6 is 0 Å². The van der Waals surface area contributed by atoms with Crippen molar-refractivity contribution in [1.82, 2.24) is 15.1 Å². The van der Waals surface area contributed by atoms with Gasteiger partial charge in [0.05, 0.1) is 12.2 Å². The summed E-state index contributed by atoms with van der Waals surface area (Å²) in [5, 5.41) is 7.46.